The number of aryl methyl sites for hydroxylation is 2. The van der Waals surface area contributed by atoms with E-state index >= 15 is 0 Å². The zero-order valence-corrected chi connectivity index (χ0v) is 20.0. The maximum Gasteiger partial charge on any atom is 0.263 e. The van der Waals surface area contributed by atoms with Crippen LogP contribution in [0.3, 0.4) is 0 Å². The molecule has 1 aliphatic carbocycles. The lowest BCUT2D eigenvalue weighted by molar-refractivity contribution is 0.414. The largest absolute Gasteiger partial charge is 0.506 e. The number of fused-ring (bicyclic) bond motifs is 3. The summed E-state index contributed by atoms with van der Waals surface area (Å²) in [5.74, 6) is 2.08. The van der Waals surface area contributed by atoms with Gasteiger partial charge in [-0.1, -0.05) is 12.1 Å². The molecule has 0 spiro atoms. The predicted molar refractivity (Wildman–Crippen MR) is 134 cm³/mol. The quantitative estimate of drug-likeness (QED) is 0.391. The molecule has 3 heterocycles. The van der Waals surface area contributed by atoms with Gasteiger partial charge in [0.05, 0.1) is 35.8 Å². The molecule has 1 aliphatic rings. The van der Waals surface area contributed by atoms with Crippen LogP contribution in [0.25, 0.3) is 31.7 Å². The molecule has 8 heteroatoms. The molecule has 7 nitrogen and oxygen atoms in total. The number of imidazole rings is 1. The minimum Gasteiger partial charge on any atom is -0.506 e. The summed E-state index contributed by atoms with van der Waals surface area (Å²) in [6, 6.07) is 9.75. The molecule has 1 fully saturated rings. The van der Waals surface area contributed by atoms with Crippen LogP contribution in [-0.4, -0.2) is 31.3 Å². The summed E-state index contributed by atoms with van der Waals surface area (Å²) in [5.41, 5.74) is 3.67. The summed E-state index contributed by atoms with van der Waals surface area (Å²) in [6.45, 7) is 2.21. The SMILES string of the molecule is COc1ccc(-c2nc3sc4c(O)c(C)ccc4c3c(=O)n2Cc2cncn2C)c(C2CC2)c1. The molecule has 0 radical (unpaired) electrons. The van der Waals surface area contributed by atoms with E-state index in [0.29, 0.717) is 33.2 Å². The Morgan fingerprint density at radius 3 is 2.76 bits per heavy atom. The number of aromatic nitrogens is 4. The van der Waals surface area contributed by atoms with Crippen LogP contribution in [0.2, 0.25) is 0 Å². The van der Waals surface area contributed by atoms with Crippen LogP contribution >= 0.6 is 11.3 Å². The van der Waals surface area contributed by atoms with Crippen LogP contribution < -0.4 is 10.3 Å². The third-order valence-corrected chi connectivity index (χ3v) is 7.80. The second-order valence-electron chi connectivity index (χ2n) is 8.94. The molecule has 0 atom stereocenters. The summed E-state index contributed by atoms with van der Waals surface area (Å²) < 4.78 is 9.84. The Hall–Kier alpha value is -3.65. The van der Waals surface area contributed by atoms with Crippen molar-refractivity contribution in [1.29, 1.82) is 0 Å². The highest BCUT2D eigenvalue weighted by atomic mass is 32.1. The van der Waals surface area contributed by atoms with Crippen LogP contribution in [0.4, 0.5) is 0 Å². The maximum atomic E-state index is 14.0. The Labute approximate surface area is 199 Å². The van der Waals surface area contributed by atoms with Crippen LogP contribution in [0, 0.1) is 6.92 Å². The van der Waals surface area contributed by atoms with Crippen molar-refractivity contribution in [3.05, 3.63) is 70.0 Å². The van der Waals surface area contributed by atoms with Crippen LogP contribution in [0.5, 0.6) is 11.5 Å². The smallest absolute Gasteiger partial charge is 0.263 e. The average Bonchev–Trinajstić information content (AvgIpc) is 3.50. The van der Waals surface area contributed by atoms with Gasteiger partial charge in [0.1, 0.15) is 22.2 Å². The van der Waals surface area contributed by atoms with Gasteiger partial charge in [-0.05, 0) is 55.0 Å². The molecule has 2 aromatic carbocycles. The molecule has 3 aromatic heterocycles. The minimum atomic E-state index is -0.117. The Balaban J connectivity index is 1.68. The molecule has 34 heavy (non-hydrogen) atoms. The number of nitrogens with zero attached hydrogens (tertiary/aromatic N) is 4. The van der Waals surface area contributed by atoms with Crippen molar-refractivity contribution in [2.45, 2.75) is 32.2 Å². The molecule has 1 N–H and O–H groups in total. The summed E-state index contributed by atoms with van der Waals surface area (Å²) >= 11 is 1.37. The first kappa shape index (κ1) is 20.9. The highest BCUT2D eigenvalue weighted by Gasteiger charge is 2.29. The third-order valence-electron chi connectivity index (χ3n) is 6.69. The lowest BCUT2D eigenvalue weighted by Gasteiger charge is -2.16. The number of rotatable bonds is 5. The van der Waals surface area contributed by atoms with Gasteiger partial charge in [-0.15, -0.1) is 11.3 Å². The fourth-order valence-corrected chi connectivity index (χ4v) is 5.72. The summed E-state index contributed by atoms with van der Waals surface area (Å²) in [7, 11) is 3.59. The molecule has 0 bridgehead atoms. The Bertz CT molecular complexity index is 1640. The molecule has 6 rings (SSSR count). The van der Waals surface area contributed by atoms with Gasteiger partial charge in [-0.3, -0.25) is 9.36 Å². The summed E-state index contributed by atoms with van der Waals surface area (Å²) in [4.78, 5) is 24.0. The van der Waals surface area contributed by atoms with Gasteiger partial charge < -0.3 is 14.4 Å². The van der Waals surface area contributed by atoms with Crippen molar-refractivity contribution in [1.82, 2.24) is 19.1 Å². The first-order valence-corrected chi connectivity index (χ1v) is 12.1. The highest BCUT2D eigenvalue weighted by molar-refractivity contribution is 7.25. The molecular formula is C26H24N4O3S. The van der Waals surface area contributed by atoms with Gasteiger partial charge in [0.2, 0.25) is 0 Å². The molecule has 0 unspecified atom stereocenters. The van der Waals surface area contributed by atoms with Crippen molar-refractivity contribution < 1.29 is 9.84 Å². The lowest BCUT2D eigenvalue weighted by atomic mass is 10.0. The Morgan fingerprint density at radius 2 is 2.06 bits per heavy atom. The topological polar surface area (TPSA) is 82.2 Å². The second kappa shape index (κ2) is 7.70. The highest BCUT2D eigenvalue weighted by Crippen LogP contribution is 2.46. The van der Waals surface area contributed by atoms with E-state index in [4.69, 9.17) is 9.72 Å². The van der Waals surface area contributed by atoms with Gasteiger partial charge in [-0.2, -0.15) is 0 Å². The third kappa shape index (κ3) is 3.20. The summed E-state index contributed by atoms with van der Waals surface area (Å²) in [6.07, 6.45) is 5.74. The lowest BCUT2D eigenvalue weighted by Crippen LogP contribution is -2.25. The molecule has 0 aliphatic heterocycles. The van der Waals surface area contributed by atoms with E-state index in [1.54, 1.807) is 24.2 Å². The van der Waals surface area contributed by atoms with E-state index in [9.17, 15) is 9.90 Å². The zero-order chi connectivity index (χ0) is 23.6. The van der Waals surface area contributed by atoms with E-state index in [0.717, 1.165) is 46.4 Å². The van der Waals surface area contributed by atoms with Crippen LogP contribution in [0.15, 0.2) is 47.7 Å². The maximum absolute atomic E-state index is 14.0. The zero-order valence-electron chi connectivity index (χ0n) is 19.2. The number of phenolic OH excluding ortho intramolecular Hbond substituents is 1. The Kier molecular flexibility index (Phi) is 4.74. The van der Waals surface area contributed by atoms with Crippen molar-refractivity contribution in [2.24, 2.45) is 7.05 Å². The van der Waals surface area contributed by atoms with Gasteiger partial charge in [0.25, 0.3) is 5.56 Å². The van der Waals surface area contributed by atoms with Crippen molar-refractivity contribution in [2.75, 3.05) is 7.11 Å². The number of thiophene rings is 1. The van der Waals surface area contributed by atoms with Gasteiger partial charge in [-0.25, -0.2) is 9.97 Å². The van der Waals surface area contributed by atoms with Crippen LogP contribution in [0.1, 0.15) is 35.6 Å². The normalized spacial score (nSPS) is 13.7. The number of hydrogen-bond acceptors (Lipinski definition) is 6. The number of hydrogen-bond donors (Lipinski definition) is 1. The first-order chi connectivity index (χ1) is 16.5. The fourth-order valence-electron chi connectivity index (χ4n) is 4.56. The number of benzene rings is 2. The molecule has 0 saturated heterocycles. The Morgan fingerprint density at radius 1 is 1.24 bits per heavy atom. The number of phenols is 1. The first-order valence-electron chi connectivity index (χ1n) is 11.3. The number of aromatic hydroxyl groups is 1. The van der Waals surface area contributed by atoms with Gasteiger partial charge in [0, 0.05) is 24.2 Å². The van der Waals surface area contributed by atoms with E-state index in [-0.39, 0.29) is 11.3 Å². The summed E-state index contributed by atoms with van der Waals surface area (Å²) in [5, 5.41) is 12.0. The molecule has 0 amide bonds. The average molecular weight is 473 g/mol. The van der Waals surface area contributed by atoms with Gasteiger partial charge in [0.15, 0.2) is 0 Å². The van der Waals surface area contributed by atoms with Gasteiger partial charge >= 0.3 is 0 Å². The van der Waals surface area contributed by atoms with Crippen LogP contribution in [-0.2, 0) is 13.6 Å². The molecule has 5 aromatic rings. The van der Waals surface area contributed by atoms with E-state index in [1.807, 2.05) is 42.8 Å². The molecule has 172 valence electrons. The number of methoxy groups -OCH3 is 1. The van der Waals surface area contributed by atoms with Crippen molar-refractivity contribution in [3.63, 3.8) is 0 Å². The minimum absolute atomic E-state index is 0.117. The van der Waals surface area contributed by atoms with E-state index in [2.05, 4.69) is 11.1 Å². The van der Waals surface area contributed by atoms with E-state index in [1.165, 1.54) is 11.3 Å². The number of ether oxygens (including phenoxy) is 1. The molecular weight excluding hydrogens is 448 g/mol. The van der Waals surface area contributed by atoms with Crippen molar-refractivity contribution >= 4 is 31.6 Å². The monoisotopic (exact) mass is 472 g/mol. The predicted octanol–water partition coefficient (Wildman–Crippen LogP) is 4.96. The van der Waals surface area contributed by atoms with Crippen molar-refractivity contribution in [3.8, 4) is 22.9 Å². The second-order valence-corrected chi connectivity index (χ2v) is 9.94. The van der Waals surface area contributed by atoms with E-state index < -0.39 is 0 Å². The standard InChI is InChI=1S/C26H24N4O3S/c1-14-4-8-19-21-25(34-23(19)22(14)31)28-24(30(26(21)32)12-16-11-27-13-29(16)2)18-9-7-17(33-3)10-20(18)15-5-6-15/h4,7-11,13,15,31H,5-6,12H2,1-3H3. The fraction of sp³-hybridized carbons (Fsp3) is 0.269. The molecule has 1 saturated carbocycles.